The van der Waals surface area contributed by atoms with Crippen molar-refractivity contribution in [2.75, 3.05) is 7.05 Å². The third-order valence-corrected chi connectivity index (χ3v) is 4.69. The Morgan fingerprint density at radius 2 is 1.85 bits per heavy atom. The van der Waals surface area contributed by atoms with Crippen LogP contribution in [0.2, 0.25) is 0 Å². The predicted molar refractivity (Wildman–Crippen MR) is 99.2 cm³/mol. The second kappa shape index (κ2) is 8.92. The molecule has 3 N–H and O–H groups in total. The molecule has 1 fully saturated rings. The van der Waals surface area contributed by atoms with Crippen LogP contribution in [0.4, 0.5) is 0 Å². The zero-order valence-electron chi connectivity index (χ0n) is 16.1. The number of hydroxylamine groups is 2. The highest BCUT2D eigenvalue weighted by atomic mass is 17.1. The number of hydrogen-bond donors (Lipinski definition) is 3. The van der Waals surface area contributed by atoms with Crippen LogP contribution in [0.3, 0.4) is 0 Å². The fraction of sp³-hybridized carbons (Fsp3) is 0.632. The molecule has 0 aliphatic heterocycles. The van der Waals surface area contributed by atoms with Crippen LogP contribution in [0.5, 0.6) is 5.75 Å². The summed E-state index contributed by atoms with van der Waals surface area (Å²) in [7, 11) is 1.54. The Kier molecular flexibility index (Phi) is 7.14. The Morgan fingerprint density at radius 3 is 2.42 bits per heavy atom. The smallest absolute Gasteiger partial charge is 0.128 e. The molecule has 7 nitrogen and oxygen atoms in total. The van der Waals surface area contributed by atoms with Crippen molar-refractivity contribution in [2.45, 2.75) is 70.9 Å². The largest absolute Gasteiger partial charge is 0.507 e. The third kappa shape index (κ3) is 6.03. The van der Waals surface area contributed by atoms with E-state index in [9.17, 15) is 5.11 Å². The van der Waals surface area contributed by atoms with Crippen molar-refractivity contribution in [3.8, 4) is 5.75 Å². The summed E-state index contributed by atoms with van der Waals surface area (Å²) in [4.78, 5) is 9.35. The first-order chi connectivity index (χ1) is 12.2. The van der Waals surface area contributed by atoms with Crippen molar-refractivity contribution in [2.24, 2.45) is 4.99 Å². The van der Waals surface area contributed by atoms with Gasteiger partial charge < -0.3 is 5.11 Å². The Balaban J connectivity index is 2.30. The number of aliphatic imine (C=N–C) groups is 1. The second-order valence-electron chi connectivity index (χ2n) is 8.01. The molecule has 1 aromatic carbocycles. The van der Waals surface area contributed by atoms with Crippen LogP contribution in [-0.2, 0) is 16.9 Å². The quantitative estimate of drug-likeness (QED) is 0.525. The minimum absolute atomic E-state index is 0.102. The van der Waals surface area contributed by atoms with Gasteiger partial charge in [-0.25, -0.2) is 0 Å². The molecule has 0 spiro atoms. The van der Waals surface area contributed by atoms with Gasteiger partial charge in [0.1, 0.15) is 5.75 Å². The Morgan fingerprint density at radius 1 is 1.19 bits per heavy atom. The van der Waals surface area contributed by atoms with Gasteiger partial charge in [0, 0.05) is 30.4 Å². The standard InChI is InChI=1S/C19H31N3O4/c1-19(2,3)16-10-14(12-20-17-8-6-5-7-9-17)18(23)15(11-16)13-21(4)26-22(24)25/h10-12,17,23-25H,5-9,13H2,1-4H3/b20-12+. The first-order valence-corrected chi connectivity index (χ1v) is 9.13. The summed E-state index contributed by atoms with van der Waals surface area (Å²) in [5.74, 6) is 0.135. The van der Waals surface area contributed by atoms with Crippen LogP contribution in [0, 0.1) is 0 Å². The van der Waals surface area contributed by atoms with Gasteiger partial charge in [-0.3, -0.25) is 15.4 Å². The fourth-order valence-corrected chi connectivity index (χ4v) is 3.18. The summed E-state index contributed by atoms with van der Waals surface area (Å²) in [6, 6.07) is 4.20. The van der Waals surface area contributed by atoms with Gasteiger partial charge in [-0.2, -0.15) is 10.0 Å². The minimum atomic E-state index is -0.365. The van der Waals surface area contributed by atoms with E-state index in [1.165, 1.54) is 24.3 Å². The molecule has 0 radical (unpaired) electrons. The minimum Gasteiger partial charge on any atom is -0.507 e. The van der Waals surface area contributed by atoms with Crippen molar-refractivity contribution < 1.29 is 20.5 Å². The van der Waals surface area contributed by atoms with Gasteiger partial charge in [0.15, 0.2) is 0 Å². The maximum absolute atomic E-state index is 10.7. The molecule has 0 atom stereocenters. The Labute approximate surface area is 155 Å². The number of nitrogens with zero attached hydrogens (tertiary/aromatic N) is 3. The summed E-state index contributed by atoms with van der Waals surface area (Å²) in [6.07, 6.45) is 7.67. The molecule has 0 amide bonds. The van der Waals surface area contributed by atoms with Crippen molar-refractivity contribution in [3.63, 3.8) is 0 Å². The summed E-state index contributed by atoms with van der Waals surface area (Å²) >= 11 is 0. The SMILES string of the molecule is CN(Cc1cc(C(C)(C)C)cc(/C=N/C2CCCCC2)c1O)ON(O)O. The zero-order chi connectivity index (χ0) is 19.3. The summed E-state index contributed by atoms with van der Waals surface area (Å²) in [6.45, 7) is 6.50. The van der Waals surface area contributed by atoms with Crippen LogP contribution < -0.4 is 0 Å². The van der Waals surface area contributed by atoms with E-state index >= 15 is 0 Å². The van der Waals surface area contributed by atoms with E-state index in [0.717, 1.165) is 18.4 Å². The maximum Gasteiger partial charge on any atom is 0.128 e. The lowest BCUT2D eigenvalue weighted by Gasteiger charge is -2.24. The molecule has 0 aromatic heterocycles. The van der Waals surface area contributed by atoms with Gasteiger partial charge in [-0.1, -0.05) is 46.1 Å². The molecule has 0 saturated heterocycles. The van der Waals surface area contributed by atoms with E-state index in [0.29, 0.717) is 17.2 Å². The zero-order valence-corrected chi connectivity index (χ0v) is 16.1. The molecule has 1 aliphatic rings. The van der Waals surface area contributed by atoms with E-state index in [1.807, 2.05) is 12.1 Å². The normalized spacial score (nSPS) is 16.9. The number of phenolic OH excluding ortho intramolecular Hbond substituents is 1. The maximum atomic E-state index is 10.7. The van der Waals surface area contributed by atoms with Gasteiger partial charge >= 0.3 is 0 Å². The van der Waals surface area contributed by atoms with Gasteiger partial charge in [-0.05, 0) is 29.9 Å². The second-order valence-corrected chi connectivity index (χ2v) is 8.01. The number of phenols is 1. The number of benzene rings is 1. The molecule has 0 unspecified atom stereocenters. The molecule has 1 saturated carbocycles. The first-order valence-electron chi connectivity index (χ1n) is 9.13. The van der Waals surface area contributed by atoms with E-state index < -0.39 is 0 Å². The van der Waals surface area contributed by atoms with Crippen molar-refractivity contribution >= 4 is 6.21 Å². The molecular weight excluding hydrogens is 334 g/mol. The lowest BCUT2D eigenvalue weighted by molar-refractivity contribution is -0.553. The van der Waals surface area contributed by atoms with E-state index in [-0.39, 0.29) is 23.1 Å². The number of aromatic hydroxyl groups is 1. The molecular formula is C19H31N3O4. The fourth-order valence-electron chi connectivity index (χ4n) is 3.18. The van der Waals surface area contributed by atoms with Crippen LogP contribution >= 0.6 is 0 Å². The van der Waals surface area contributed by atoms with Crippen molar-refractivity contribution in [1.29, 1.82) is 0 Å². The Hall–Kier alpha value is -1.51. The first kappa shape index (κ1) is 20.8. The van der Waals surface area contributed by atoms with E-state index in [1.54, 1.807) is 13.3 Å². The van der Waals surface area contributed by atoms with Crippen molar-refractivity contribution in [1.82, 2.24) is 10.5 Å². The van der Waals surface area contributed by atoms with Crippen LogP contribution in [-0.4, -0.2) is 45.3 Å². The van der Waals surface area contributed by atoms with Crippen LogP contribution in [0.25, 0.3) is 0 Å². The van der Waals surface area contributed by atoms with Crippen LogP contribution in [0.15, 0.2) is 17.1 Å². The summed E-state index contributed by atoms with van der Waals surface area (Å²) < 4.78 is 0. The van der Waals surface area contributed by atoms with Gasteiger partial charge in [0.25, 0.3) is 0 Å². The molecule has 2 rings (SSSR count). The average Bonchev–Trinajstić information content (AvgIpc) is 2.54. The van der Waals surface area contributed by atoms with E-state index in [2.05, 4.69) is 30.7 Å². The molecule has 1 aliphatic carbocycles. The lowest BCUT2D eigenvalue weighted by Crippen LogP contribution is -2.28. The van der Waals surface area contributed by atoms with Gasteiger partial charge in [0.05, 0.1) is 11.9 Å². The average molecular weight is 365 g/mol. The highest BCUT2D eigenvalue weighted by molar-refractivity contribution is 5.84. The molecule has 146 valence electrons. The molecule has 26 heavy (non-hydrogen) atoms. The third-order valence-electron chi connectivity index (χ3n) is 4.69. The highest BCUT2D eigenvalue weighted by Gasteiger charge is 2.20. The number of rotatable bonds is 6. The molecule has 0 heterocycles. The van der Waals surface area contributed by atoms with Gasteiger partial charge in [0.2, 0.25) is 0 Å². The molecule has 0 bridgehead atoms. The molecule has 7 heteroatoms. The summed E-state index contributed by atoms with van der Waals surface area (Å²) in [5, 5.41) is 29.1. The van der Waals surface area contributed by atoms with Crippen LogP contribution in [0.1, 0.15) is 69.6 Å². The highest BCUT2D eigenvalue weighted by Crippen LogP contribution is 2.31. The lowest BCUT2D eigenvalue weighted by atomic mass is 9.84. The topological polar surface area (TPSA) is 88.8 Å². The monoisotopic (exact) mass is 365 g/mol. The predicted octanol–water partition coefficient (Wildman–Crippen LogP) is 3.80. The molecule has 1 aromatic rings. The number of hydrogen-bond acceptors (Lipinski definition) is 7. The van der Waals surface area contributed by atoms with E-state index in [4.69, 9.17) is 10.4 Å². The summed E-state index contributed by atoms with van der Waals surface area (Å²) in [5.41, 5.74) is 2.27. The van der Waals surface area contributed by atoms with Crippen molar-refractivity contribution in [3.05, 3.63) is 28.8 Å². The Bertz CT molecular complexity index is 620. The van der Waals surface area contributed by atoms with Gasteiger partial charge in [-0.15, -0.1) is 0 Å².